The minimum absolute atomic E-state index is 0.295. The van der Waals surface area contributed by atoms with E-state index in [4.69, 9.17) is 9.47 Å². The molecule has 0 fully saturated rings. The molecule has 3 rings (SSSR count). The van der Waals surface area contributed by atoms with Crippen LogP contribution in [0.2, 0.25) is 0 Å². The van der Waals surface area contributed by atoms with Gasteiger partial charge in [0.15, 0.2) is 0 Å². The third kappa shape index (κ3) is 4.71. The molecule has 0 aromatic heterocycles. The molecule has 30 heavy (non-hydrogen) atoms. The number of carbonyl (C=O) groups excluding carboxylic acids is 2. The van der Waals surface area contributed by atoms with Crippen LogP contribution in [-0.4, -0.2) is 43.1 Å². The Morgan fingerprint density at radius 3 is 2.33 bits per heavy atom. The van der Waals surface area contributed by atoms with E-state index >= 15 is 0 Å². The summed E-state index contributed by atoms with van der Waals surface area (Å²) in [5.74, 6) is 0.112. The van der Waals surface area contributed by atoms with Crippen LogP contribution in [-0.2, 0) is 14.3 Å². The van der Waals surface area contributed by atoms with Crippen LogP contribution in [0.25, 0.3) is 5.57 Å². The Morgan fingerprint density at radius 1 is 0.933 bits per heavy atom. The van der Waals surface area contributed by atoms with Gasteiger partial charge in [-0.15, -0.1) is 0 Å². The summed E-state index contributed by atoms with van der Waals surface area (Å²) in [4.78, 5) is 27.7. The summed E-state index contributed by atoms with van der Waals surface area (Å²) >= 11 is 0. The fraction of sp³-hybridized carbons (Fsp3) is 0.333. The van der Waals surface area contributed by atoms with Gasteiger partial charge >= 0.3 is 0 Å². The van der Waals surface area contributed by atoms with Crippen LogP contribution in [0.1, 0.15) is 31.4 Å². The summed E-state index contributed by atoms with van der Waals surface area (Å²) in [5, 5.41) is 3.21. The van der Waals surface area contributed by atoms with E-state index in [9.17, 15) is 9.59 Å². The Hall–Kier alpha value is -3.12. The lowest BCUT2D eigenvalue weighted by molar-refractivity contribution is -0.137. The van der Waals surface area contributed by atoms with Gasteiger partial charge in [-0.25, -0.2) is 0 Å². The molecule has 2 amide bonds. The number of nitrogens with one attached hydrogen (secondary N) is 1. The number of carbonyl (C=O) groups is 2. The van der Waals surface area contributed by atoms with E-state index in [0.29, 0.717) is 49.6 Å². The Bertz CT molecular complexity index is 934. The number of nitrogens with zero attached hydrogens (tertiary/aromatic N) is 1. The number of rotatable bonds is 10. The molecule has 1 aliphatic heterocycles. The molecule has 1 aliphatic rings. The van der Waals surface area contributed by atoms with E-state index in [0.717, 1.165) is 17.0 Å². The fourth-order valence-electron chi connectivity index (χ4n) is 3.36. The number of aryl methyl sites for hydroxylation is 1. The topological polar surface area (TPSA) is 67.9 Å². The summed E-state index contributed by atoms with van der Waals surface area (Å²) in [5.41, 5.74) is 3.15. The van der Waals surface area contributed by atoms with Crippen molar-refractivity contribution < 1.29 is 19.1 Å². The largest absolute Gasteiger partial charge is 0.494 e. The highest BCUT2D eigenvalue weighted by atomic mass is 16.5. The Balaban J connectivity index is 1.94. The van der Waals surface area contributed by atoms with Crippen LogP contribution >= 0.6 is 0 Å². The van der Waals surface area contributed by atoms with Crippen molar-refractivity contribution in [3.63, 3.8) is 0 Å². The molecule has 6 nitrogen and oxygen atoms in total. The molecule has 0 unspecified atom stereocenters. The van der Waals surface area contributed by atoms with Crippen LogP contribution in [0, 0.1) is 6.92 Å². The number of benzene rings is 2. The molecular weight excluding hydrogens is 380 g/mol. The molecular formula is C24H28N2O4. The highest BCUT2D eigenvalue weighted by molar-refractivity contribution is 6.36. The number of hydrogen-bond acceptors (Lipinski definition) is 5. The summed E-state index contributed by atoms with van der Waals surface area (Å²) in [6.45, 7) is 7.79. The quantitative estimate of drug-likeness (QED) is 0.475. The number of para-hydroxylation sites is 1. The van der Waals surface area contributed by atoms with Gasteiger partial charge in [0.2, 0.25) is 0 Å². The second-order valence-corrected chi connectivity index (χ2v) is 6.96. The fourth-order valence-corrected chi connectivity index (χ4v) is 3.36. The summed E-state index contributed by atoms with van der Waals surface area (Å²) in [7, 11) is 0. The van der Waals surface area contributed by atoms with Gasteiger partial charge < -0.3 is 14.8 Å². The SMILES string of the molecule is CCOCCCN1C(=O)C(Nc2ccccc2C)=C(c2ccc(OCC)cc2)C1=O. The lowest BCUT2D eigenvalue weighted by atomic mass is 10.0. The first-order chi connectivity index (χ1) is 14.6. The monoisotopic (exact) mass is 408 g/mol. The Labute approximate surface area is 177 Å². The minimum Gasteiger partial charge on any atom is -0.494 e. The molecule has 1 N–H and O–H groups in total. The maximum atomic E-state index is 13.2. The van der Waals surface area contributed by atoms with E-state index < -0.39 is 0 Å². The molecule has 158 valence electrons. The second-order valence-electron chi connectivity index (χ2n) is 6.96. The lowest BCUT2D eigenvalue weighted by Crippen LogP contribution is -2.34. The molecule has 0 radical (unpaired) electrons. The minimum atomic E-state index is -0.316. The van der Waals surface area contributed by atoms with Crippen molar-refractivity contribution in [3.05, 3.63) is 65.4 Å². The molecule has 0 bridgehead atoms. The van der Waals surface area contributed by atoms with Crippen molar-refractivity contribution in [1.29, 1.82) is 0 Å². The van der Waals surface area contributed by atoms with Crippen molar-refractivity contribution in [2.24, 2.45) is 0 Å². The van der Waals surface area contributed by atoms with Gasteiger partial charge in [0, 0.05) is 25.4 Å². The molecule has 6 heteroatoms. The van der Waals surface area contributed by atoms with Gasteiger partial charge in [0.25, 0.3) is 11.8 Å². The number of imide groups is 1. The summed E-state index contributed by atoms with van der Waals surface area (Å²) in [6, 6.07) is 14.9. The highest BCUT2D eigenvalue weighted by Crippen LogP contribution is 2.32. The molecule has 2 aromatic carbocycles. The van der Waals surface area contributed by atoms with Crippen LogP contribution in [0.5, 0.6) is 5.75 Å². The Kier molecular flexibility index (Phi) is 7.25. The normalized spacial score (nSPS) is 13.9. The third-order valence-electron chi connectivity index (χ3n) is 4.90. The van der Waals surface area contributed by atoms with E-state index in [1.807, 2.05) is 69.3 Å². The summed E-state index contributed by atoms with van der Waals surface area (Å²) in [6.07, 6.45) is 0.597. The standard InChI is InChI=1S/C24H28N2O4/c1-4-29-16-8-15-26-23(27)21(18-11-13-19(14-12-18)30-5-2)22(24(26)28)25-20-10-7-6-9-17(20)3/h6-7,9-14,25H,4-5,8,15-16H2,1-3H3. The molecule has 0 spiro atoms. The smallest absolute Gasteiger partial charge is 0.278 e. The molecule has 0 atom stereocenters. The number of amides is 2. The van der Waals surface area contributed by atoms with Crippen LogP contribution in [0.3, 0.4) is 0 Å². The van der Waals surface area contributed by atoms with E-state index in [1.54, 1.807) is 0 Å². The molecule has 1 heterocycles. The molecule has 0 saturated heterocycles. The predicted octanol–water partition coefficient (Wildman–Crippen LogP) is 4.01. The van der Waals surface area contributed by atoms with Gasteiger partial charge in [0.05, 0.1) is 12.2 Å². The third-order valence-corrected chi connectivity index (χ3v) is 4.90. The van der Waals surface area contributed by atoms with Crippen molar-refractivity contribution >= 4 is 23.1 Å². The first-order valence-electron chi connectivity index (χ1n) is 10.3. The molecule has 2 aromatic rings. The van der Waals surface area contributed by atoms with Gasteiger partial charge in [-0.3, -0.25) is 14.5 Å². The zero-order chi connectivity index (χ0) is 21.5. The van der Waals surface area contributed by atoms with Crippen LogP contribution < -0.4 is 10.1 Å². The zero-order valence-corrected chi connectivity index (χ0v) is 17.7. The number of anilines is 1. The van der Waals surface area contributed by atoms with Crippen molar-refractivity contribution in [2.75, 3.05) is 31.7 Å². The number of hydrogen-bond donors (Lipinski definition) is 1. The molecule has 0 saturated carbocycles. The van der Waals surface area contributed by atoms with Crippen LogP contribution in [0.15, 0.2) is 54.2 Å². The molecule has 0 aliphatic carbocycles. The maximum Gasteiger partial charge on any atom is 0.278 e. The predicted molar refractivity (Wildman–Crippen MR) is 117 cm³/mol. The van der Waals surface area contributed by atoms with Crippen molar-refractivity contribution in [1.82, 2.24) is 4.90 Å². The average molecular weight is 408 g/mol. The van der Waals surface area contributed by atoms with Gasteiger partial charge in [-0.2, -0.15) is 0 Å². The van der Waals surface area contributed by atoms with Gasteiger partial charge in [-0.1, -0.05) is 30.3 Å². The summed E-state index contributed by atoms with van der Waals surface area (Å²) < 4.78 is 10.9. The number of ether oxygens (including phenoxy) is 2. The highest BCUT2D eigenvalue weighted by Gasteiger charge is 2.39. The van der Waals surface area contributed by atoms with Crippen molar-refractivity contribution in [3.8, 4) is 5.75 Å². The van der Waals surface area contributed by atoms with Crippen LogP contribution in [0.4, 0.5) is 5.69 Å². The zero-order valence-electron chi connectivity index (χ0n) is 17.7. The van der Waals surface area contributed by atoms with Gasteiger partial charge in [-0.05, 0) is 56.5 Å². The van der Waals surface area contributed by atoms with Gasteiger partial charge in [0.1, 0.15) is 11.4 Å². The second kappa shape index (κ2) is 10.1. The average Bonchev–Trinajstić information content (AvgIpc) is 2.98. The van der Waals surface area contributed by atoms with E-state index in [1.165, 1.54) is 4.90 Å². The first-order valence-corrected chi connectivity index (χ1v) is 10.3. The lowest BCUT2D eigenvalue weighted by Gasteiger charge is -2.15. The maximum absolute atomic E-state index is 13.2. The first kappa shape index (κ1) is 21.6. The Morgan fingerprint density at radius 2 is 1.67 bits per heavy atom. The van der Waals surface area contributed by atoms with E-state index in [2.05, 4.69) is 5.32 Å². The van der Waals surface area contributed by atoms with Crippen molar-refractivity contribution in [2.45, 2.75) is 27.2 Å². The van der Waals surface area contributed by atoms with E-state index in [-0.39, 0.29) is 11.8 Å².